The average Bonchev–Trinajstić information content (AvgIpc) is 3.00. The van der Waals surface area contributed by atoms with Crippen LogP contribution in [0.15, 0.2) is 97.1 Å². The number of ether oxygens (including phenoxy) is 1. The zero-order valence-electron chi connectivity index (χ0n) is 22.9. The predicted octanol–water partition coefficient (Wildman–Crippen LogP) is 6.27. The highest BCUT2D eigenvalue weighted by atomic mass is 16.5. The third kappa shape index (κ3) is 6.04. The Balaban J connectivity index is 1.18. The molecule has 2 heterocycles. The monoisotopic (exact) mass is 519 g/mol. The van der Waals surface area contributed by atoms with Crippen LogP contribution in [0.4, 0.5) is 0 Å². The number of methoxy groups -OCH3 is 1. The first-order valence-electron chi connectivity index (χ1n) is 13.8. The fourth-order valence-corrected chi connectivity index (χ4v) is 5.75. The van der Waals surface area contributed by atoms with Crippen LogP contribution in [0.1, 0.15) is 46.4 Å². The maximum Gasteiger partial charge on any atom is 0.253 e. The number of rotatable bonds is 9. The van der Waals surface area contributed by atoms with E-state index in [1.807, 2.05) is 43.3 Å². The van der Waals surface area contributed by atoms with E-state index >= 15 is 0 Å². The smallest absolute Gasteiger partial charge is 0.253 e. The summed E-state index contributed by atoms with van der Waals surface area (Å²) in [6.07, 6.45) is 3.09. The Kier molecular flexibility index (Phi) is 8.38. The zero-order valence-corrected chi connectivity index (χ0v) is 22.9. The molecule has 4 aromatic rings. The van der Waals surface area contributed by atoms with E-state index in [9.17, 15) is 4.79 Å². The van der Waals surface area contributed by atoms with Gasteiger partial charge in [-0.2, -0.15) is 0 Å². The standard InChI is InChI=1S/C34H37N3O2/c1-26-17-18-31(32(36-26)27-11-9-16-30(25-27)39-2)33(38)35-21-10-22-37-23-19-34(20-24-37,28-12-5-3-6-13-28)29-14-7-4-8-15-29/h3-9,11-18,25H,10,19-24H2,1-2H3,(H,35,38). The molecule has 0 unspecified atom stereocenters. The maximum atomic E-state index is 13.2. The summed E-state index contributed by atoms with van der Waals surface area (Å²) in [6, 6.07) is 33.3. The number of nitrogens with one attached hydrogen (secondary N) is 1. The van der Waals surface area contributed by atoms with Crippen molar-refractivity contribution in [2.45, 2.75) is 31.6 Å². The van der Waals surface area contributed by atoms with Gasteiger partial charge in [0.2, 0.25) is 0 Å². The second-order valence-electron chi connectivity index (χ2n) is 10.3. The van der Waals surface area contributed by atoms with Crippen LogP contribution in [0.25, 0.3) is 11.3 Å². The summed E-state index contributed by atoms with van der Waals surface area (Å²) < 4.78 is 5.37. The summed E-state index contributed by atoms with van der Waals surface area (Å²) in [5.74, 6) is 0.651. The van der Waals surface area contributed by atoms with Gasteiger partial charge in [-0.3, -0.25) is 9.78 Å². The summed E-state index contributed by atoms with van der Waals surface area (Å²) in [4.78, 5) is 20.4. The Morgan fingerprint density at radius 1 is 0.897 bits per heavy atom. The van der Waals surface area contributed by atoms with E-state index in [4.69, 9.17) is 4.74 Å². The molecule has 1 fully saturated rings. The van der Waals surface area contributed by atoms with Crippen molar-refractivity contribution in [3.63, 3.8) is 0 Å². The fourth-order valence-electron chi connectivity index (χ4n) is 5.75. The Labute approximate surface area is 231 Å². The van der Waals surface area contributed by atoms with E-state index in [2.05, 4.69) is 75.9 Å². The number of nitrogens with zero attached hydrogens (tertiary/aromatic N) is 2. The Hall–Kier alpha value is -3.96. The van der Waals surface area contributed by atoms with Crippen molar-refractivity contribution in [2.75, 3.05) is 33.3 Å². The minimum Gasteiger partial charge on any atom is -0.497 e. The van der Waals surface area contributed by atoms with Crippen LogP contribution in [0.5, 0.6) is 5.75 Å². The number of carbonyl (C=O) groups excluding carboxylic acids is 1. The quantitative estimate of drug-likeness (QED) is 0.265. The molecule has 1 N–H and O–H groups in total. The number of aryl methyl sites for hydroxylation is 1. The summed E-state index contributed by atoms with van der Waals surface area (Å²) in [6.45, 7) is 5.62. The van der Waals surface area contributed by atoms with Gasteiger partial charge in [0.15, 0.2) is 0 Å². The molecule has 39 heavy (non-hydrogen) atoms. The zero-order chi connectivity index (χ0) is 27.1. The van der Waals surface area contributed by atoms with Gasteiger partial charge in [-0.05, 0) is 81.2 Å². The molecule has 1 aliphatic rings. The molecule has 1 saturated heterocycles. The predicted molar refractivity (Wildman–Crippen MR) is 157 cm³/mol. The van der Waals surface area contributed by atoms with Gasteiger partial charge < -0.3 is 15.0 Å². The van der Waals surface area contributed by atoms with Gasteiger partial charge in [0.1, 0.15) is 5.75 Å². The second-order valence-corrected chi connectivity index (χ2v) is 10.3. The molecule has 0 aliphatic carbocycles. The lowest BCUT2D eigenvalue weighted by molar-refractivity contribution is 0.0950. The average molecular weight is 520 g/mol. The number of amides is 1. The molecule has 0 radical (unpaired) electrons. The fraction of sp³-hybridized carbons (Fsp3) is 0.294. The number of pyridine rings is 1. The van der Waals surface area contributed by atoms with E-state index in [0.717, 1.165) is 55.9 Å². The van der Waals surface area contributed by atoms with Crippen LogP contribution in [-0.4, -0.2) is 49.1 Å². The van der Waals surface area contributed by atoms with Crippen LogP contribution < -0.4 is 10.1 Å². The van der Waals surface area contributed by atoms with Gasteiger partial charge in [0.05, 0.1) is 18.4 Å². The number of aromatic nitrogens is 1. The molecule has 0 atom stereocenters. The molecule has 1 aromatic heterocycles. The number of piperidine rings is 1. The van der Waals surface area contributed by atoms with Gasteiger partial charge in [-0.25, -0.2) is 0 Å². The maximum absolute atomic E-state index is 13.2. The van der Waals surface area contributed by atoms with E-state index < -0.39 is 0 Å². The molecule has 3 aromatic carbocycles. The molecular formula is C34H37N3O2. The number of carbonyl (C=O) groups is 1. The van der Waals surface area contributed by atoms with E-state index in [0.29, 0.717) is 17.8 Å². The molecule has 0 bridgehead atoms. The summed E-state index contributed by atoms with van der Waals surface area (Å²) in [5.41, 5.74) is 5.88. The highest BCUT2D eigenvalue weighted by Crippen LogP contribution is 2.41. The Bertz CT molecular complexity index is 1340. The highest BCUT2D eigenvalue weighted by Gasteiger charge is 2.37. The minimum atomic E-state index is -0.0915. The lowest BCUT2D eigenvalue weighted by atomic mass is 9.68. The number of hydrogen-bond donors (Lipinski definition) is 1. The van der Waals surface area contributed by atoms with Crippen molar-refractivity contribution in [1.29, 1.82) is 0 Å². The summed E-state index contributed by atoms with van der Waals surface area (Å²) in [5, 5.41) is 3.13. The molecular weight excluding hydrogens is 482 g/mol. The van der Waals surface area contributed by atoms with Crippen LogP contribution in [0.3, 0.4) is 0 Å². The Morgan fingerprint density at radius 2 is 1.56 bits per heavy atom. The van der Waals surface area contributed by atoms with E-state index in [-0.39, 0.29) is 11.3 Å². The van der Waals surface area contributed by atoms with Crippen molar-refractivity contribution >= 4 is 5.91 Å². The summed E-state index contributed by atoms with van der Waals surface area (Å²) >= 11 is 0. The molecule has 1 aliphatic heterocycles. The minimum absolute atomic E-state index is 0.0577. The van der Waals surface area contributed by atoms with Crippen molar-refractivity contribution in [3.8, 4) is 17.0 Å². The lowest BCUT2D eigenvalue weighted by Gasteiger charge is -2.43. The SMILES string of the molecule is COc1cccc(-c2nc(C)ccc2C(=O)NCCCN2CCC(c3ccccc3)(c3ccccc3)CC2)c1. The number of likely N-dealkylation sites (tertiary alicyclic amines) is 1. The number of hydrogen-bond acceptors (Lipinski definition) is 4. The van der Waals surface area contributed by atoms with Crippen LogP contribution in [-0.2, 0) is 5.41 Å². The van der Waals surface area contributed by atoms with Gasteiger partial charge >= 0.3 is 0 Å². The molecule has 200 valence electrons. The number of benzene rings is 3. The largest absolute Gasteiger partial charge is 0.497 e. The van der Waals surface area contributed by atoms with Crippen molar-refractivity contribution in [1.82, 2.24) is 15.2 Å². The van der Waals surface area contributed by atoms with Crippen molar-refractivity contribution in [2.24, 2.45) is 0 Å². The normalized spacial score (nSPS) is 15.0. The molecule has 0 saturated carbocycles. The van der Waals surface area contributed by atoms with Crippen LogP contribution in [0.2, 0.25) is 0 Å². The first kappa shape index (κ1) is 26.6. The van der Waals surface area contributed by atoms with E-state index in [1.165, 1.54) is 11.1 Å². The topological polar surface area (TPSA) is 54.5 Å². The highest BCUT2D eigenvalue weighted by molar-refractivity contribution is 6.00. The first-order valence-corrected chi connectivity index (χ1v) is 13.8. The van der Waals surface area contributed by atoms with Gasteiger partial charge in [-0.1, -0.05) is 72.8 Å². The summed E-state index contributed by atoms with van der Waals surface area (Å²) in [7, 11) is 1.64. The van der Waals surface area contributed by atoms with Crippen LogP contribution >= 0.6 is 0 Å². The molecule has 5 rings (SSSR count). The third-order valence-electron chi connectivity index (χ3n) is 7.92. The van der Waals surface area contributed by atoms with Gasteiger partial charge in [0, 0.05) is 23.2 Å². The van der Waals surface area contributed by atoms with E-state index in [1.54, 1.807) is 7.11 Å². The van der Waals surface area contributed by atoms with Crippen molar-refractivity contribution < 1.29 is 9.53 Å². The van der Waals surface area contributed by atoms with Gasteiger partial charge in [0.25, 0.3) is 5.91 Å². The second kappa shape index (κ2) is 12.3. The Morgan fingerprint density at radius 3 is 2.21 bits per heavy atom. The molecule has 5 nitrogen and oxygen atoms in total. The first-order chi connectivity index (χ1) is 19.1. The molecule has 1 amide bonds. The van der Waals surface area contributed by atoms with Crippen molar-refractivity contribution in [3.05, 3.63) is 119 Å². The molecule has 5 heteroatoms. The van der Waals surface area contributed by atoms with Crippen LogP contribution in [0, 0.1) is 6.92 Å². The lowest BCUT2D eigenvalue weighted by Crippen LogP contribution is -2.44. The van der Waals surface area contributed by atoms with Gasteiger partial charge in [-0.15, -0.1) is 0 Å². The third-order valence-corrected chi connectivity index (χ3v) is 7.92. The molecule has 0 spiro atoms.